The second-order valence-electron chi connectivity index (χ2n) is 4.74. The van der Waals surface area contributed by atoms with Crippen molar-refractivity contribution in [2.24, 2.45) is 0 Å². The molecule has 1 aromatic heterocycles. The molecule has 1 aromatic carbocycles. The molecule has 106 valence electrons. The van der Waals surface area contributed by atoms with Gasteiger partial charge in [0.2, 0.25) is 0 Å². The van der Waals surface area contributed by atoms with E-state index in [0.29, 0.717) is 28.7 Å². The van der Waals surface area contributed by atoms with E-state index in [-0.39, 0.29) is 4.21 Å². The number of benzene rings is 1. The molecule has 0 fully saturated rings. The summed E-state index contributed by atoms with van der Waals surface area (Å²) in [6, 6.07) is 7.00. The summed E-state index contributed by atoms with van der Waals surface area (Å²) in [6.07, 6.45) is 0.701. The molecule has 0 atom stereocenters. The molecule has 2 heterocycles. The first kappa shape index (κ1) is 13.7. The Balaban J connectivity index is 2.09. The number of halogens is 1. The molecular formula is C13H13ClN2O2S2. The van der Waals surface area contributed by atoms with Gasteiger partial charge in [-0.05, 0) is 42.7 Å². The van der Waals surface area contributed by atoms with Crippen LogP contribution in [0.4, 0.5) is 11.4 Å². The van der Waals surface area contributed by atoms with E-state index in [1.807, 2.05) is 6.07 Å². The van der Waals surface area contributed by atoms with Crippen molar-refractivity contribution in [3.05, 3.63) is 39.7 Å². The van der Waals surface area contributed by atoms with Gasteiger partial charge in [0.05, 0.1) is 10.0 Å². The Kier molecular flexibility index (Phi) is 3.19. The zero-order valence-corrected chi connectivity index (χ0v) is 13.1. The van der Waals surface area contributed by atoms with E-state index in [1.54, 1.807) is 25.1 Å². The smallest absolute Gasteiger partial charge is 0.273 e. The fourth-order valence-electron chi connectivity index (χ4n) is 2.28. The summed E-state index contributed by atoms with van der Waals surface area (Å²) >= 11 is 7.07. The number of hydrogen-bond acceptors (Lipinski definition) is 4. The molecular weight excluding hydrogens is 316 g/mol. The van der Waals surface area contributed by atoms with Crippen molar-refractivity contribution in [3.63, 3.8) is 0 Å². The molecule has 2 N–H and O–H groups in total. The third-order valence-electron chi connectivity index (χ3n) is 3.34. The van der Waals surface area contributed by atoms with Crippen molar-refractivity contribution >= 4 is 44.3 Å². The lowest BCUT2D eigenvalue weighted by atomic mass is 10.1. The zero-order chi connectivity index (χ0) is 14.5. The average molecular weight is 329 g/mol. The lowest BCUT2D eigenvalue weighted by Gasteiger charge is -2.18. The minimum absolute atomic E-state index is 0.273. The van der Waals surface area contributed by atoms with Gasteiger partial charge < -0.3 is 5.73 Å². The van der Waals surface area contributed by atoms with Gasteiger partial charge in [-0.25, -0.2) is 8.42 Å². The van der Waals surface area contributed by atoms with E-state index >= 15 is 0 Å². The van der Waals surface area contributed by atoms with E-state index in [0.717, 1.165) is 22.5 Å². The normalized spacial score (nSPS) is 14.6. The van der Waals surface area contributed by atoms with E-state index < -0.39 is 10.0 Å². The Morgan fingerprint density at radius 2 is 2.10 bits per heavy atom. The largest absolute Gasteiger partial charge is 0.399 e. The number of anilines is 2. The number of aryl methyl sites for hydroxylation is 1. The summed E-state index contributed by atoms with van der Waals surface area (Å²) in [4.78, 5) is 0. The highest BCUT2D eigenvalue weighted by Crippen LogP contribution is 2.38. The van der Waals surface area contributed by atoms with Crippen LogP contribution in [0.1, 0.15) is 11.1 Å². The molecule has 0 bridgehead atoms. The Morgan fingerprint density at radius 1 is 1.35 bits per heavy atom. The predicted molar refractivity (Wildman–Crippen MR) is 83.2 cm³/mol. The van der Waals surface area contributed by atoms with Gasteiger partial charge in [-0.3, -0.25) is 4.31 Å². The lowest BCUT2D eigenvalue weighted by Crippen LogP contribution is -2.28. The van der Waals surface area contributed by atoms with Gasteiger partial charge in [-0.2, -0.15) is 0 Å². The molecule has 1 aliphatic rings. The number of nitrogens with two attached hydrogens (primary N) is 1. The molecule has 2 aromatic rings. The van der Waals surface area contributed by atoms with Crippen LogP contribution >= 0.6 is 22.9 Å². The van der Waals surface area contributed by atoms with Crippen molar-refractivity contribution in [3.8, 4) is 0 Å². The predicted octanol–water partition coefficient (Wildman–Crippen LogP) is 3.04. The Hall–Kier alpha value is -1.24. The standard InChI is InChI=1S/C13H13ClN2O2S2/c1-8-6-12(19-13(8)14)20(17,18)16-5-4-9-2-3-10(15)7-11(9)16/h2-3,6-7H,4-5,15H2,1H3. The number of thiophene rings is 1. The highest BCUT2D eigenvalue weighted by Gasteiger charge is 2.32. The van der Waals surface area contributed by atoms with Crippen molar-refractivity contribution in [1.82, 2.24) is 0 Å². The van der Waals surface area contributed by atoms with E-state index in [9.17, 15) is 8.42 Å². The van der Waals surface area contributed by atoms with Crippen LogP contribution in [0, 0.1) is 6.92 Å². The topological polar surface area (TPSA) is 63.4 Å². The lowest BCUT2D eigenvalue weighted by molar-refractivity contribution is 0.594. The van der Waals surface area contributed by atoms with Crippen molar-refractivity contribution in [2.45, 2.75) is 17.6 Å². The number of hydrogen-bond donors (Lipinski definition) is 1. The first-order valence-electron chi connectivity index (χ1n) is 6.06. The van der Waals surface area contributed by atoms with Gasteiger partial charge in [0.1, 0.15) is 4.21 Å². The molecule has 4 nitrogen and oxygen atoms in total. The Morgan fingerprint density at radius 3 is 2.75 bits per heavy atom. The fourth-order valence-corrected chi connectivity index (χ4v) is 5.60. The summed E-state index contributed by atoms with van der Waals surface area (Å²) in [6.45, 7) is 2.24. The Labute approximate surface area is 126 Å². The maximum Gasteiger partial charge on any atom is 0.273 e. The van der Waals surface area contributed by atoms with Crippen LogP contribution in [0.25, 0.3) is 0 Å². The molecule has 0 spiro atoms. The van der Waals surface area contributed by atoms with Crippen LogP contribution in [0.5, 0.6) is 0 Å². The second kappa shape index (κ2) is 4.65. The van der Waals surface area contributed by atoms with Gasteiger partial charge >= 0.3 is 0 Å². The summed E-state index contributed by atoms with van der Waals surface area (Å²) in [5.74, 6) is 0. The van der Waals surface area contributed by atoms with Crippen molar-refractivity contribution < 1.29 is 8.42 Å². The van der Waals surface area contributed by atoms with Crippen molar-refractivity contribution in [2.75, 3.05) is 16.6 Å². The molecule has 0 radical (unpaired) electrons. The fraction of sp³-hybridized carbons (Fsp3) is 0.231. The maximum atomic E-state index is 12.7. The van der Waals surface area contributed by atoms with Gasteiger partial charge in [0, 0.05) is 12.2 Å². The zero-order valence-electron chi connectivity index (χ0n) is 10.8. The van der Waals surface area contributed by atoms with Gasteiger partial charge in [-0.1, -0.05) is 17.7 Å². The van der Waals surface area contributed by atoms with Crippen LogP contribution in [-0.4, -0.2) is 15.0 Å². The average Bonchev–Trinajstić information content (AvgIpc) is 2.94. The molecule has 1 aliphatic heterocycles. The molecule has 0 unspecified atom stereocenters. The van der Waals surface area contributed by atoms with Gasteiger partial charge in [0.15, 0.2) is 0 Å². The summed E-state index contributed by atoms with van der Waals surface area (Å²) in [5.41, 5.74) is 8.78. The minimum Gasteiger partial charge on any atom is -0.399 e. The van der Waals surface area contributed by atoms with Crippen LogP contribution < -0.4 is 10.0 Å². The van der Waals surface area contributed by atoms with E-state index in [4.69, 9.17) is 17.3 Å². The third kappa shape index (κ3) is 2.08. The molecule has 0 saturated heterocycles. The van der Waals surface area contributed by atoms with E-state index in [2.05, 4.69) is 0 Å². The quantitative estimate of drug-likeness (QED) is 0.862. The summed E-state index contributed by atoms with van der Waals surface area (Å²) in [7, 11) is -3.56. The van der Waals surface area contributed by atoms with Gasteiger partial charge in [-0.15, -0.1) is 11.3 Å². The second-order valence-corrected chi connectivity index (χ2v) is 8.48. The Bertz CT molecular complexity index is 764. The van der Waals surface area contributed by atoms with Crippen LogP contribution in [0.2, 0.25) is 4.34 Å². The van der Waals surface area contributed by atoms with Crippen LogP contribution in [0.3, 0.4) is 0 Å². The maximum absolute atomic E-state index is 12.7. The molecule has 7 heteroatoms. The first-order valence-corrected chi connectivity index (χ1v) is 8.70. The van der Waals surface area contributed by atoms with Crippen LogP contribution in [0.15, 0.2) is 28.5 Å². The SMILES string of the molecule is Cc1cc(S(=O)(=O)N2CCc3ccc(N)cc32)sc1Cl. The molecule has 3 rings (SSSR count). The number of nitrogen functional groups attached to an aromatic ring is 1. The number of sulfonamides is 1. The molecule has 0 saturated carbocycles. The number of rotatable bonds is 2. The number of fused-ring (bicyclic) bond motifs is 1. The third-order valence-corrected chi connectivity index (χ3v) is 7.16. The monoisotopic (exact) mass is 328 g/mol. The van der Waals surface area contributed by atoms with Gasteiger partial charge in [0.25, 0.3) is 10.0 Å². The highest BCUT2D eigenvalue weighted by atomic mass is 35.5. The van der Waals surface area contributed by atoms with Crippen molar-refractivity contribution in [1.29, 1.82) is 0 Å². The summed E-state index contributed by atoms with van der Waals surface area (Å²) in [5, 5.41) is 0. The molecule has 0 aliphatic carbocycles. The molecule has 20 heavy (non-hydrogen) atoms. The highest BCUT2D eigenvalue weighted by molar-refractivity contribution is 7.94. The van der Waals surface area contributed by atoms with E-state index in [1.165, 1.54) is 4.31 Å². The first-order chi connectivity index (χ1) is 9.39. The van der Waals surface area contributed by atoms with Crippen LogP contribution in [-0.2, 0) is 16.4 Å². The summed E-state index contributed by atoms with van der Waals surface area (Å²) < 4.78 is 27.6. The minimum atomic E-state index is -3.56. The molecule has 0 amide bonds. The number of nitrogens with zero attached hydrogens (tertiary/aromatic N) is 1.